The topological polar surface area (TPSA) is 164 Å². The lowest BCUT2D eigenvalue weighted by molar-refractivity contribution is -0.140. The molecule has 15 heteroatoms. The number of esters is 2. The average molecular weight is 745 g/mol. The third kappa shape index (κ3) is 14.9. The second-order valence-electron chi connectivity index (χ2n) is 14.9. The number of carbonyl (C=O) groups excluding carboxylic acids is 5. The Hall–Kier alpha value is -2.96. The van der Waals surface area contributed by atoms with Crippen LogP contribution in [0, 0.1) is 0 Å². The smallest absolute Gasteiger partial charge is 0.410 e. The first-order chi connectivity index (χ1) is 23.7. The van der Waals surface area contributed by atoms with E-state index in [4.69, 9.17) is 23.3 Å². The van der Waals surface area contributed by atoms with Gasteiger partial charge in [-0.3, -0.25) is 14.2 Å². The zero-order valence-corrected chi connectivity index (χ0v) is 33.2. The number of hydrogen-bond acceptors (Lipinski definition) is 12. The number of hydrogen-bond donors (Lipinski definition) is 0. The zero-order chi connectivity index (χ0) is 38.6. The Morgan fingerprint density at radius 3 is 1.41 bits per heavy atom. The molecule has 0 aliphatic carbocycles. The molecule has 4 unspecified atom stereocenters. The number of piperidine rings is 2. The Labute approximate surface area is 303 Å². The van der Waals surface area contributed by atoms with E-state index >= 15 is 0 Å². The first-order valence-electron chi connectivity index (χ1n) is 18.2. The van der Waals surface area contributed by atoms with E-state index in [1.807, 2.05) is 46.4 Å². The Kier molecular flexibility index (Phi) is 17.1. The summed E-state index contributed by atoms with van der Waals surface area (Å²) < 4.78 is 42.1. The molecule has 0 aromatic heterocycles. The van der Waals surface area contributed by atoms with Crippen molar-refractivity contribution >= 4 is 37.5 Å². The number of ether oxygens (including phenoxy) is 4. The molecule has 0 aromatic rings. The van der Waals surface area contributed by atoms with Crippen LogP contribution in [0.25, 0.3) is 0 Å². The third-order valence-corrected chi connectivity index (χ3v) is 10.2. The minimum Gasteiger partial charge on any atom is -0.466 e. The van der Waals surface area contributed by atoms with E-state index in [1.54, 1.807) is 38.7 Å². The third-order valence-electron chi connectivity index (χ3n) is 8.26. The highest BCUT2D eigenvalue weighted by Gasteiger charge is 2.45. The first kappa shape index (κ1) is 44.2. The maximum absolute atomic E-state index is 12.3. The van der Waals surface area contributed by atoms with Crippen LogP contribution in [-0.4, -0.2) is 108 Å². The van der Waals surface area contributed by atoms with Crippen molar-refractivity contribution in [2.45, 2.75) is 156 Å². The quantitative estimate of drug-likeness (QED) is 0.103. The summed E-state index contributed by atoms with van der Waals surface area (Å²) in [4.78, 5) is 61.9. The number of fused-ring (bicyclic) bond motifs is 4. The Bertz CT molecular complexity index is 1250. The van der Waals surface area contributed by atoms with Gasteiger partial charge >= 0.3 is 31.7 Å². The summed E-state index contributed by atoms with van der Waals surface area (Å²) in [6.45, 7) is 19.2. The highest BCUT2D eigenvalue weighted by molar-refractivity contribution is 7.54. The van der Waals surface area contributed by atoms with Crippen LogP contribution in [0.15, 0.2) is 11.6 Å². The maximum Gasteiger partial charge on any atom is 0.410 e. The van der Waals surface area contributed by atoms with Gasteiger partial charge in [0.2, 0.25) is 0 Å². The number of amides is 2. The van der Waals surface area contributed by atoms with E-state index in [2.05, 4.69) is 4.74 Å². The minimum atomic E-state index is -3.28. The van der Waals surface area contributed by atoms with Crippen molar-refractivity contribution in [1.29, 1.82) is 0 Å². The lowest BCUT2D eigenvalue weighted by atomic mass is 9.97. The summed E-state index contributed by atoms with van der Waals surface area (Å²) in [6.07, 6.45) is 7.13. The van der Waals surface area contributed by atoms with Crippen LogP contribution in [-0.2, 0) is 46.9 Å². The van der Waals surface area contributed by atoms with E-state index in [9.17, 15) is 28.5 Å². The molecule has 292 valence electrons. The molecule has 14 nitrogen and oxygen atoms in total. The van der Waals surface area contributed by atoms with Gasteiger partial charge in [0.25, 0.3) is 0 Å². The van der Waals surface area contributed by atoms with Crippen molar-refractivity contribution in [3.05, 3.63) is 11.6 Å². The van der Waals surface area contributed by atoms with Gasteiger partial charge in [-0.2, -0.15) is 0 Å². The molecule has 0 spiro atoms. The fraction of sp³-hybridized carbons (Fsp3) is 0.806. The Morgan fingerprint density at radius 1 is 0.667 bits per heavy atom. The predicted octanol–water partition coefficient (Wildman–Crippen LogP) is 6.97. The summed E-state index contributed by atoms with van der Waals surface area (Å²) in [5, 5.41) is 0. The van der Waals surface area contributed by atoms with Gasteiger partial charge in [0, 0.05) is 43.1 Å². The van der Waals surface area contributed by atoms with Crippen molar-refractivity contribution in [2.75, 3.05) is 32.6 Å². The summed E-state index contributed by atoms with van der Waals surface area (Å²) in [5.74, 6) is -0.553. The molecule has 4 rings (SSSR count). The van der Waals surface area contributed by atoms with Crippen molar-refractivity contribution in [1.82, 2.24) is 9.80 Å². The summed E-state index contributed by atoms with van der Waals surface area (Å²) in [6, 6.07) is 0.473. The average Bonchev–Trinajstić information content (AvgIpc) is 3.42. The van der Waals surface area contributed by atoms with E-state index in [0.29, 0.717) is 19.4 Å². The zero-order valence-electron chi connectivity index (χ0n) is 32.3. The fourth-order valence-corrected chi connectivity index (χ4v) is 8.05. The standard InChI is InChI=1S/C16H25NO4.C12H19NO3.C8H17O5P/c1-5-20-14(18)10-11-8-12-6-7-13(9-11)17(12)15(19)21-16(2,3)4;1-12(2,3)16-11(15)13-8-4-5-9(13)7-10(14)6-8;1-4-11-8(9)7-14(10,12-5-2)13-6-3/h10,12-13H,5-9H2,1-4H3;8-9H,4-7H2,1-3H3;4-7H2,1-3H3. The molecule has 0 saturated carbocycles. The fourth-order valence-electron chi connectivity index (χ4n) is 6.60. The second-order valence-corrected chi connectivity index (χ2v) is 16.9. The van der Waals surface area contributed by atoms with Crippen molar-refractivity contribution in [3.8, 4) is 0 Å². The molecule has 4 saturated heterocycles. The predicted molar refractivity (Wildman–Crippen MR) is 190 cm³/mol. The highest BCUT2D eigenvalue weighted by atomic mass is 31.2. The summed E-state index contributed by atoms with van der Waals surface area (Å²) >= 11 is 0. The van der Waals surface area contributed by atoms with Gasteiger partial charge in [-0.05, 0) is 108 Å². The van der Waals surface area contributed by atoms with Crippen LogP contribution >= 0.6 is 7.60 Å². The second kappa shape index (κ2) is 19.8. The van der Waals surface area contributed by atoms with Crippen molar-refractivity contribution in [3.63, 3.8) is 0 Å². The molecule has 0 N–H and O–H groups in total. The molecule has 0 aromatic carbocycles. The van der Waals surface area contributed by atoms with Crippen molar-refractivity contribution < 1.29 is 56.5 Å². The molecule has 4 aliphatic rings. The summed E-state index contributed by atoms with van der Waals surface area (Å²) in [5.41, 5.74) is 0.149. The molecule has 51 heavy (non-hydrogen) atoms. The van der Waals surface area contributed by atoms with Gasteiger partial charge in [-0.25, -0.2) is 14.4 Å². The van der Waals surface area contributed by atoms with Gasteiger partial charge in [0.15, 0.2) is 0 Å². The lowest BCUT2D eigenvalue weighted by Crippen LogP contribution is -2.48. The Balaban J connectivity index is 0.000000272. The minimum absolute atomic E-state index is 0.0844. The first-order valence-corrected chi connectivity index (χ1v) is 19.9. The monoisotopic (exact) mass is 744 g/mol. The number of carbonyl (C=O) groups is 5. The molecule has 4 heterocycles. The van der Waals surface area contributed by atoms with Crippen LogP contribution in [0.4, 0.5) is 9.59 Å². The van der Waals surface area contributed by atoms with Crippen LogP contribution in [0.2, 0.25) is 0 Å². The van der Waals surface area contributed by atoms with Gasteiger partial charge in [0.1, 0.15) is 23.1 Å². The normalized spacial score (nSPS) is 22.5. The van der Waals surface area contributed by atoms with Gasteiger partial charge in [-0.1, -0.05) is 5.57 Å². The van der Waals surface area contributed by atoms with Crippen LogP contribution in [0.1, 0.15) is 121 Å². The lowest BCUT2D eigenvalue weighted by Gasteiger charge is -2.37. The highest BCUT2D eigenvalue weighted by Crippen LogP contribution is 2.47. The molecule has 4 atom stereocenters. The van der Waals surface area contributed by atoms with Crippen LogP contribution in [0.3, 0.4) is 0 Å². The van der Waals surface area contributed by atoms with Crippen molar-refractivity contribution in [2.24, 2.45) is 0 Å². The molecule has 0 radical (unpaired) electrons. The van der Waals surface area contributed by atoms with E-state index in [-0.39, 0.29) is 74.1 Å². The van der Waals surface area contributed by atoms with E-state index in [0.717, 1.165) is 44.1 Å². The SMILES string of the molecule is CC(C)(C)OC(=O)N1C2CCC1CC(=O)C2.CCOC(=O)C=C1CC2CCC(C1)N2C(=O)OC(C)(C)C.CCOC(=O)CP(=O)(OCC)OCC. The molecule has 4 aliphatic heterocycles. The van der Waals surface area contributed by atoms with Crippen LogP contribution in [0.5, 0.6) is 0 Å². The van der Waals surface area contributed by atoms with Gasteiger partial charge in [-0.15, -0.1) is 0 Å². The molecule has 4 bridgehead atoms. The molecule has 2 amide bonds. The van der Waals surface area contributed by atoms with Gasteiger partial charge in [0.05, 0.1) is 26.4 Å². The number of nitrogens with zero attached hydrogens (tertiary/aromatic N) is 2. The van der Waals surface area contributed by atoms with Gasteiger partial charge < -0.3 is 37.8 Å². The summed E-state index contributed by atoms with van der Waals surface area (Å²) in [7, 11) is -3.28. The number of rotatable bonds is 9. The van der Waals surface area contributed by atoms with Crippen LogP contribution < -0.4 is 0 Å². The Morgan fingerprint density at radius 2 is 1.06 bits per heavy atom. The number of Topliss-reactive ketones (excluding diaryl/α,β-unsaturated/α-hetero) is 1. The van der Waals surface area contributed by atoms with E-state index < -0.39 is 24.8 Å². The van der Waals surface area contributed by atoms with E-state index in [1.165, 1.54) is 0 Å². The molecular formula is C36H61N2O12P. The molecule has 4 fully saturated rings. The molecular weight excluding hydrogens is 683 g/mol. The maximum atomic E-state index is 12.3. The largest absolute Gasteiger partial charge is 0.466 e. The number of ketones is 1.